The van der Waals surface area contributed by atoms with Gasteiger partial charge < -0.3 is 19.5 Å². The normalized spacial score (nSPS) is 16.9. The minimum absolute atomic E-state index is 0.0553. The Morgan fingerprint density at radius 2 is 1.61 bits per heavy atom. The molecule has 2 aromatic carbocycles. The summed E-state index contributed by atoms with van der Waals surface area (Å²) in [7, 11) is 0. The van der Waals surface area contributed by atoms with Crippen molar-refractivity contribution in [1.29, 1.82) is 0 Å². The Balaban J connectivity index is 1.18. The lowest BCUT2D eigenvalue weighted by atomic mass is 9.78. The number of hydrogen-bond donors (Lipinski definition) is 1. The van der Waals surface area contributed by atoms with Crippen molar-refractivity contribution in [3.8, 4) is 23.1 Å². The van der Waals surface area contributed by atoms with Crippen molar-refractivity contribution in [3.63, 3.8) is 0 Å². The van der Waals surface area contributed by atoms with Crippen LogP contribution in [0.1, 0.15) is 58.6 Å². The number of rotatable bonds is 8. The smallest absolute Gasteiger partial charge is 0.407 e. The zero-order valence-corrected chi connectivity index (χ0v) is 23.8. The summed E-state index contributed by atoms with van der Waals surface area (Å²) >= 11 is 0. The molecule has 1 aliphatic rings. The summed E-state index contributed by atoms with van der Waals surface area (Å²) < 4.78 is 32.7. The van der Waals surface area contributed by atoms with Gasteiger partial charge in [0.1, 0.15) is 29.0 Å². The molecule has 9 nitrogen and oxygen atoms in total. The second kappa shape index (κ2) is 11.2. The van der Waals surface area contributed by atoms with Crippen LogP contribution in [0.5, 0.6) is 17.2 Å². The van der Waals surface area contributed by atoms with E-state index in [1.165, 1.54) is 16.9 Å². The molecule has 1 aliphatic carbocycles. The first-order valence-corrected chi connectivity index (χ1v) is 13.5. The standard InChI is InChI=1S/C31H34FN5O4/c1-30(2,3)41-29(38)35-23-17-26(18-23)39-24-10-6-20(7-11-24)31(4,5)21-8-12-25(13-9-21)40-27-16-22(32)19-33-28(27)37-15-14-34-36-37/h6-16,19,23,26H,17-18H2,1-5H3,(H,35,38)/t23-,26-. The first-order chi connectivity index (χ1) is 19.5. The number of aromatic nitrogens is 4. The number of halogens is 1. The molecule has 10 heteroatoms. The van der Waals surface area contributed by atoms with Gasteiger partial charge in [0.25, 0.3) is 0 Å². The van der Waals surface area contributed by atoms with Crippen LogP contribution in [0.2, 0.25) is 0 Å². The average molecular weight is 560 g/mol. The molecule has 0 unspecified atom stereocenters. The number of hydrogen-bond acceptors (Lipinski definition) is 7. The van der Waals surface area contributed by atoms with Gasteiger partial charge in [0.15, 0.2) is 11.6 Å². The summed E-state index contributed by atoms with van der Waals surface area (Å²) in [6.07, 6.45) is 5.38. The van der Waals surface area contributed by atoms with Crippen molar-refractivity contribution < 1.29 is 23.4 Å². The van der Waals surface area contributed by atoms with E-state index in [9.17, 15) is 9.18 Å². The molecule has 0 atom stereocenters. The number of amides is 1. The van der Waals surface area contributed by atoms with Crippen LogP contribution >= 0.6 is 0 Å². The first-order valence-electron chi connectivity index (χ1n) is 13.5. The summed E-state index contributed by atoms with van der Waals surface area (Å²) in [4.78, 5) is 16.0. The zero-order chi connectivity index (χ0) is 29.2. The molecule has 0 spiro atoms. The van der Waals surface area contributed by atoms with Crippen LogP contribution in [-0.4, -0.2) is 43.8 Å². The highest BCUT2D eigenvalue weighted by molar-refractivity contribution is 5.68. The number of nitrogens with zero attached hydrogens (tertiary/aromatic N) is 4. The van der Waals surface area contributed by atoms with E-state index >= 15 is 0 Å². The van der Waals surface area contributed by atoms with E-state index in [4.69, 9.17) is 14.2 Å². The third-order valence-corrected chi connectivity index (χ3v) is 6.94. The molecule has 5 rings (SSSR count). The Kier molecular flexibility index (Phi) is 7.66. The topological polar surface area (TPSA) is 100 Å². The van der Waals surface area contributed by atoms with Gasteiger partial charge in [-0.2, -0.15) is 4.68 Å². The highest BCUT2D eigenvalue weighted by atomic mass is 19.1. The molecule has 2 heterocycles. The molecule has 0 aliphatic heterocycles. The van der Waals surface area contributed by atoms with Crippen molar-refractivity contribution >= 4 is 6.09 Å². The summed E-state index contributed by atoms with van der Waals surface area (Å²) in [5.74, 6) is 1.40. The number of alkyl carbamates (subject to hydrolysis) is 1. The van der Waals surface area contributed by atoms with E-state index in [2.05, 4.69) is 46.6 Å². The predicted molar refractivity (Wildman–Crippen MR) is 151 cm³/mol. The number of pyridine rings is 1. The van der Waals surface area contributed by atoms with Crippen molar-refractivity contribution in [2.45, 2.75) is 70.6 Å². The van der Waals surface area contributed by atoms with Gasteiger partial charge in [0, 0.05) is 30.4 Å². The van der Waals surface area contributed by atoms with Crippen LogP contribution in [0, 0.1) is 5.82 Å². The largest absolute Gasteiger partial charge is 0.490 e. The fraction of sp³-hybridized carbons (Fsp3) is 0.355. The molecular weight excluding hydrogens is 525 g/mol. The molecule has 41 heavy (non-hydrogen) atoms. The predicted octanol–water partition coefficient (Wildman–Crippen LogP) is 6.35. The SMILES string of the molecule is CC(C)(C)OC(=O)N[C@H]1C[C@H](Oc2ccc(C(C)(C)c3ccc(Oc4cc(F)cnc4-n4ccnn4)cc3)cc2)C1. The Hall–Kier alpha value is -4.47. The van der Waals surface area contributed by atoms with E-state index in [0.717, 1.165) is 35.9 Å². The Labute approximate surface area is 238 Å². The molecule has 0 saturated heterocycles. The van der Waals surface area contributed by atoms with Crippen molar-refractivity contribution in [1.82, 2.24) is 25.3 Å². The second-order valence-corrected chi connectivity index (χ2v) is 11.7. The minimum Gasteiger partial charge on any atom is -0.490 e. The number of nitrogens with one attached hydrogen (secondary N) is 1. The minimum atomic E-state index is -0.515. The second-order valence-electron chi connectivity index (χ2n) is 11.7. The van der Waals surface area contributed by atoms with Gasteiger partial charge in [-0.1, -0.05) is 43.3 Å². The van der Waals surface area contributed by atoms with Gasteiger partial charge >= 0.3 is 6.09 Å². The molecule has 0 radical (unpaired) electrons. The van der Waals surface area contributed by atoms with E-state index < -0.39 is 17.5 Å². The average Bonchev–Trinajstić information content (AvgIpc) is 3.42. The quantitative estimate of drug-likeness (QED) is 0.268. The highest BCUT2D eigenvalue weighted by Crippen LogP contribution is 2.35. The molecule has 1 fully saturated rings. The third-order valence-electron chi connectivity index (χ3n) is 6.94. The number of ether oxygens (including phenoxy) is 3. The van der Waals surface area contributed by atoms with Gasteiger partial charge in [-0.3, -0.25) is 0 Å². The van der Waals surface area contributed by atoms with Crippen molar-refractivity contribution in [2.75, 3.05) is 0 Å². The molecule has 1 N–H and O–H groups in total. The Morgan fingerprint density at radius 3 is 2.20 bits per heavy atom. The van der Waals surface area contributed by atoms with Crippen LogP contribution in [0.15, 0.2) is 73.2 Å². The van der Waals surface area contributed by atoms with Crippen LogP contribution in [-0.2, 0) is 10.2 Å². The van der Waals surface area contributed by atoms with E-state index in [1.54, 1.807) is 6.20 Å². The monoisotopic (exact) mass is 559 g/mol. The van der Waals surface area contributed by atoms with Gasteiger partial charge in [0.2, 0.25) is 0 Å². The maximum absolute atomic E-state index is 13.9. The van der Waals surface area contributed by atoms with Gasteiger partial charge in [-0.15, -0.1) is 5.10 Å². The Morgan fingerprint density at radius 1 is 0.976 bits per heavy atom. The maximum Gasteiger partial charge on any atom is 0.407 e. The van der Waals surface area contributed by atoms with Crippen LogP contribution in [0.3, 0.4) is 0 Å². The van der Waals surface area contributed by atoms with Gasteiger partial charge in [0.05, 0.1) is 18.6 Å². The summed E-state index contributed by atoms with van der Waals surface area (Å²) in [5.41, 5.74) is 1.41. The number of benzene rings is 2. The summed E-state index contributed by atoms with van der Waals surface area (Å²) in [6.45, 7) is 9.84. The lowest BCUT2D eigenvalue weighted by Gasteiger charge is -2.36. The van der Waals surface area contributed by atoms with Crippen LogP contribution in [0.4, 0.5) is 9.18 Å². The zero-order valence-electron chi connectivity index (χ0n) is 23.8. The van der Waals surface area contributed by atoms with E-state index in [-0.39, 0.29) is 23.3 Å². The van der Waals surface area contributed by atoms with Crippen molar-refractivity contribution in [3.05, 3.63) is 90.1 Å². The number of carbonyl (C=O) groups excluding carboxylic acids is 1. The molecule has 4 aromatic rings. The maximum atomic E-state index is 13.9. The van der Waals surface area contributed by atoms with Crippen LogP contribution < -0.4 is 14.8 Å². The molecular formula is C31H34FN5O4. The number of carbonyl (C=O) groups is 1. The summed E-state index contributed by atoms with van der Waals surface area (Å²) in [6, 6.07) is 17.1. The van der Waals surface area contributed by atoms with Crippen LogP contribution in [0.25, 0.3) is 5.82 Å². The molecule has 1 amide bonds. The lowest BCUT2D eigenvalue weighted by molar-refractivity contribution is 0.0363. The highest BCUT2D eigenvalue weighted by Gasteiger charge is 2.33. The molecule has 2 aromatic heterocycles. The van der Waals surface area contributed by atoms with Crippen molar-refractivity contribution in [2.24, 2.45) is 0 Å². The fourth-order valence-electron chi connectivity index (χ4n) is 4.61. The fourth-order valence-corrected chi connectivity index (χ4v) is 4.61. The van der Waals surface area contributed by atoms with E-state index in [0.29, 0.717) is 11.6 Å². The summed E-state index contributed by atoms with van der Waals surface area (Å²) in [5, 5.41) is 10.6. The molecule has 1 saturated carbocycles. The first kappa shape index (κ1) is 28.1. The molecule has 0 bridgehead atoms. The van der Waals surface area contributed by atoms with E-state index in [1.807, 2.05) is 57.2 Å². The third kappa shape index (κ3) is 6.82. The lowest BCUT2D eigenvalue weighted by Crippen LogP contribution is -2.50. The van der Waals surface area contributed by atoms with Gasteiger partial charge in [-0.05, 0) is 56.2 Å². The molecule has 214 valence electrons. The Bertz CT molecular complexity index is 1480. The van der Waals surface area contributed by atoms with Gasteiger partial charge in [-0.25, -0.2) is 14.2 Å².